The van der Waals surface area contributed by atoms with Crippen LogP contribution in [0.5, 0.6) is 0 Å². The van der Waals surface area contributed by atoms with Gasteiger partial charge in [-0.1, -0.05) is 0 Å². The van der Waals surface area contributed by atoms with E-state index in [1.807, 2.05) is 9.80 Å². The zero-order valence-corrected chi connectivity index (χ0v) is 13.9. The fourth-order valence-electron chi connectivity index (χ4n) is 2.93. The van der Waals surface area contributed by atoms with Gasteiger partial charge >= 0.3 is 0 Å². The van der Waals surface area contributed by atoms with Crippen molar-refractivity contribution in [1.82, 2.24) is 14.7 Å². The standard InChI is InChI=1S/C17H18F4N4O/c18-13-1-2-15(19)12(7-13)10-23-3-5-24(6-4-23)14-8-17(26)25(22-9-14)11-16(20)21/h1-2,7-9,16H,3-6,10-11H2. The molecule has 5 nitrogen and oxygen atoms in total. The maximum Gasteiger partial charge on any atom is 0.269 e. The highest BCUT2D eigenvalue weighted by molar-refractivity contribution is 5.43. The molecule has 0 atom stereocenters. The van der Waals surface area contributed by atoms with E-state index in [9.17, 15) is 22.4 Å². The Balaban J connectivity index is 1.61. The van der Waals surface area contributed by atoms with E-state index in [0.29, 0.717) is 44.0 Å². The molecular formula is C17H18F4N4O. The minimum absolute atomic E-state index is 0.297. The molecule has 1 aliphatic heterocycles. The van der Waals surface area contributed by atoms with Crippen LogP contribution in [0.3, 0.4) is 0 Å². The van der Waals surface area contributed by atoms with Gasteiger partial charge in [-0.2, -0.15) is 5.10 Å². The Kier molecular flexibility index (Phi) is 5.55. The quantitative estimate of drug-likeness (QED) is 0.756. The van der Waals surface area contributed by atoms with E-state index in [4.69, 9.17) is 0 Å². The Labute approximate surface area is 147 Å². The summed E-state index contributed by atoms with van der Waals surface area (Å²) < 4.78 is 52.5. The van der Waals surface area contributed by atoms with Gasteiger partial charge < -0.3 is 4.90 Å². The van der Waals surface area contributed by atoms with E-state index in [1.165, 1.54) is 18.3 Å². The first-order chi connectivity index (χ1) is 12.4. The van der Waals surface area contributed by atoms with Crippen molar-refractivity contribution in [3.63, 3.8) is 0 Å². The molecule has 9 heteroatoms. The Morgan fingerprint density at radius 3 is 2.46 bits per heavy atom. The average Bonchev–Trinajstić information content (AvgIpc) is 2.60. The van der Waals surface area contributed by atoms with Gasteiger partial charge in [0.25, 0.3) is 12.0 Å². The molecule has 140 valence electrons. The number of rotatable bonds is 5. The molecule has 1 aliphatic rings. The van der Waals surface area contributed by atoms with Gasteiger partial charge in [-0.15, -0.1) is 0 Å². The molecular weight excluding hydrogens is 352 g/mol. The van der Waals surface area contributed by atoms with Crippen molar-refractivity contribution in [2.75, 3.05) is 31.1 Å². The summed E-state index contributed by atoms with van der Waals surface area (Å²) in [7, 11) is 0. The van der Waals surface area contributed by atoms with E-state index < -0.39 is 30.2 Å². The number of aromatic nitrogens is 2. The summed E-state index contributed by atoms with van der Waals surface area (Å²) in [4.78, 5) is 15.7. The molecule has 0 N–H and O–H groups in total. The third-order valence-electron chi connectivity index (χ3n) is 4.31. The maximum atomic E-state index is 13.7. The highest BCUT2D eigenvalue weighted by atomic mass is 19.3. The lowest BCUT2D eigenvalue weighted by molar-refractivity contribution is 0.119. The van der Waals surface area contributed by atoms with E-state index in [2.05, 4.69) is 5.10 Å². The van der Waals surface area contributed by atoms with E-state index >= 15 is 0 Å². The first kappa shape index (κ1) is 18.4. The minimum Gasteiger partial charge on any atom is -0.368 e. The molecule has 0 aliphatic carbocycles. The second kappa shape index (κ2) is 7.86. The van der Waals surface area contributed by atoms with Crippen molar-refractivity contribution in [2.24, 2.45) is 0 Å². The van der Waals surface area contributed by atoms with Crippen molar-refractivity contribution in [1.29, 1.82) is 0 Å². The van der Waals surface area contributed by atoms with Crippen molar-refractivity contribution in [3.05, 3.63) is 58.0 Å². The maximum absolute atomic E-state index is 13.7. The largest absolute Gasteiger partial charge is 0.368 e. The van der Waals surface area contributed by atoms with Crippen LogP contribution in [0, 0.1) is 11.6 Å². The summed E-state index contributed by atoms with van der Waals surface area (Å²) in [6.45, 7) is 1.89. The van der Waals surface area contributed by atoms with Crippen LogP contribution in [0.4, 0.5) is 23.2 Å². The average molecular weight is 370 g/mol. The Morgan fingerprint density at radius 1 is 1.08 bits per heavy atom. The molecule has 0 radical (unpaired) electrons. The third-order valence-corrected chi connectivity index (χ3v) is 4.31. The van der Waals surface area contributed by atoms with E-state index in [-0.39, 0.29) is 0 Å². The molecule has 1 saturated heterocycles. The summed E-state index contributed by atoms with van der Waals surface area (Å²) in [5, 5.41) is 3.78. The van der Waals surface area contributed by atoms with Gasteiger partial charge in [0.2, 0.25) is 0 Å². The van der Waals surface area contributed by atoms with Crippen molar-refractivity contribution in [2.45, 2.75) is 19.5 Å². The van der Waals surface area contributed by atoms with Crippen LogP contribution in [0.1, 0.15) is 5.56 Å². The summed E-state index contributed by atoms with van der Waals surface area (Å²) in [6, 6.07) is 4.67. The second-order valence-corrected chi connectivity index (χ2v) is 6.12. The smallest absolute Gasteiger partial charge is 0.269 e. The van der Waals surface area contributed by atoms with Gasteiger partial charge in [0, 0.05) is 44.4 Å². The number of hydrogen-bond acceptors (Lipinski definition) is 4. The predicted molar refractivity (Wildman–Crippen MR) is 88.3 cm³/mol. The van der Waals surface area contributed by atoms with Gasteiger partial charge in [-0.25, -0.2) is 22.2 Å². The highest BCUT2D eigenvalue weighted by Gasteiger charge is 2.20. The number of halogens is 4. The van der Waals surface area contributed by atoms with Crippen molar-refractivity contribution < 1.29 is 17.6 Å². The Bertz CT molecular complexity index is 819. The zero-order valence-electron chi connectivity index (χ0n) is 13.9. The summed E-state index contributed by atoms with van der Waals surface area (Å²) in [6.07, 6.45) is -1.25. The fraction of sp³-hybridized carbons (Fsp3) is 0.412. The highest BCUT2D eigenvalue weighted by Crippen LogP contribution is 2.17. The molecule has 3 rings (SSSR count). The first-order valence-corrected chi connectivity index (χ1v) is 8.19. The van der Waals surface area contributed by atoms with Crippen LogP contribution in [0.15, 0.2) is 35.3 Å². The summed E-state index contributed by atoms with van der Waals surface area (Å²) >= 11 is 0. The molecule has 0 saturated carbocycles. The van der Waals surface area contributed by atoms with Crippen LogP contribution in [0.25, 0.3) is 0 Å². The lowest BCUT2D eigenvalue weighted by Crippen LogP contribution is -2.46. The molecule has 1 fully saturated rings. The molecule has 2 heterocycles. The van der Waals surface area contributed by atoms with E-state index in [1.54, 1.807) is 0 Å². The number of piperazine rings is 1. The van der Waals surface area contributed by atoms with Crippen molar-refractivity contribution >= 4 is 5.69 Å². The predicted octanol–water partition coefficient (Wildman–Crippen LogP) is 2.11. The SMILES string of the molecule is O=c1cc(N2CCN(Cc3cc(F)ccc3F)CC2)cnn1CC(F)F. The monoisotopic (exact) mass is 370 g/mol. The zero-order chi connectivity index (χ0) is 18.7. The van der Waals surface area contributed by atoms with Gasteiger partial charge in [0.05, 0.1) is 11.9 Å². The van der Waals surface area contributed by atoms with Crippen LogP contribution in [-0.2, 0) is 13.1 Å². The van der Waals surface area contributed by atoms with Gasteiger partial charge in [0.15, 0.2) is 0 Å². The lowest BCUT2D eigenvalue weighted by atomic mass is 10.1. The number of anilines is 1. The van der Waals surface area contributed by atoms with Gasteiger partial charge in [-0.3, -0.25) is 9.69 Å². The molecule has 0 spiro atoms. The molecule has 0 unspecified atom stereocenters. The lowest BCUT2D eigenvalue weighted by Gasteiger charge is -2.35. The normalized spacial score (nSPS) is 15.7. The molecule has 1 aromatic carbocycles. The molecule has 2 aromatic rings. The Hall–Kier alpha value is -2.42. The van der Waals surface area contributed by atoms with Crippen molar-refractivity contribution in [3.8, 4) is 0 Å². The minimum atomic E-state index is -2.64. The number of nitrogens with zero attached hydrogens (tertiary/aromatic N) is 4. The molecule has 26 heavy (non-hydrogen) atoms. The van der Waals surface area contributed by atoms with Crippen LogP contribution in [-0.4, -0.2) is 47.3 Å². The first-order valence-electron chi connectivity index (χ1n) is 8.19. The van der Waals surface area contributed by atoms with Crippen LogP contribution >= 0.6 is 0 Å². The third kappa shape index (κ3) is 4.40. The molecule has 0 amide bonds. The van der Waals surface area contributed by atoms with Gasteiger partial charge in [0.1, 0.15) is 18.2 Å². The Morgan fingerprint density at radius 2 is 1.81 bits per heavy atom. The number of benzene rings is 1. The van der Waals surface area contributed by atoms with Crippen LogP contribution < -0.4 is 10.5 Å². The molecule has 0 bridgehead atoms. The second-order valence-electron chi connectivity index (χ2n) is 6.12. The number of alkyl halides is 2. The number of hydrogen-bond donors (Lipinski definition) is 0. The topological polar surface area (TPSA) is 41.4 Å². The molecule has 1 aromatic heterocycles. The summed E-state index contributed by atoms with van der Waals surface area (Å²) in [5.74, 6) is -0.920. The van der Waals surface area contributed by atoms with E-state index in [0.717, 1.165) is 16.8 Å². The van der Waals surface area contributed by atoms with Crippen LogP contribution in [0.2, 0.25) is 0 Å². The summed E-state index contributed by atoms with van der Waals surface area (Å²) in [5.41, 5.74) is 0.291. The fourth-order valence-corrected chi connectivity index (χ4v) is 2.93. The van der Waals surface area contributed by atoms with Gasteiger partial charge in [-0.05, 0) is 18.2 Å².